The summed E-state index contributed by atoms with van der Waals surface area (Å²) in [5, 5.41) is 3.06. The third-order valence-corrected chi connectivity index (χ3v) is 5.21. The number of hydrogen-bond acceptors (Lipinski definition) is 6. The second-order valence-electron chi connectivity index (χ2n) is 7.03. The minimum absolute atomic E-state index is 0.138. The quantitative estimate of drug-likeness (QED) is 0.872. The largest absolute Gasteiger partial charge is 0.377 e. The van der Waals surface area contributed by atoms with Crippen molar-refractivity contribution in [3.05, 3.63) is 17.6 Å². The van der Waals surface area contributed by atoms with Crippen LogP contribution in [-0.4, -0.2) is 72.1 Å². The summed E-state index contributed by atoms with van der Waals surface area (Å²) in [5.74, 6) is 1.56. The molecule has 0 unspecified atom stereocenters. The van der Waals surface area contributed by atoms with Crippen molar-refractivity contribution in [3.63, 3.8) is 0 Å². The van der Waals surface area contributed by atoms with Gasteiger partial charge in [0.05, 0.1) is 19.8 Å². The van der Waals surface area contributed by atoms with E-state index in [4.69, 9.17) is 4.74 Å². The number of nitrogens with zero attached hydrogens (tertiary/aromatic N) is 4. The van der Waals surface area contributed by atoms with E-state index in [0.717, 1.165) is 11.5 Å². The van der Waals surface area contributed by atoms with Gasteiger partial charge in [0, 0.05) is 31.4 Å². The van der Waals surface area contributed by atoms with Crippen molar-refractivity contribution in [1.82, 2.24) is 19.8 Å². The van der Waals surface area contributed by atoms with Gasteiger partial charge in [0.15, 0.2) is 5.82 Å². The van der Waals surface area contributed by atoms with Gasteiger partial charge in [0.2, 0.25) is 5.91 Å². The Hall–Kier alpha value is -1.73. The lowest BCUT2D eigenvalue weighted by Gasteiger charge is -2.36. The van der Waals surface area contributed by atoms with Crippen LogP contribution in [0.1, 0.15) is 43.2 Å². The molecule has 138 valence electrons. The lowest BCUT2D eigenvalue weighted by Crippen LogP contribution is -2.48. The molecule has 0 spiro atoms. The van der Waals surface area contributed by atoms with E-state index in [1.165, 1.54) is 25.7 Å². The van der Waals surface area contributed by atoms with Gasteiger partial charge in [-0.1, -0.05) is 12.8 Å². The summed E-state index contributed by atoms with van der Waals surface area (Å²) >= 11 is 0. The minimum Gasteiger partial charge on any atom is -0.377 e. The molecular formula is C18H29N5O2. The highest BCUT2D eigenvalue weighted by Gasteiger charge is 2.32. The zero-order valence-electron chi connectivity index (χ0n) is 15.5. The number of anilines is 1. The number of aryl methyl sites for hydroxylation is 1. The maximum atomic E-state index is 12.9. The highest BCUT2D eigenvalue weighted by Crippen LogP contribution is 2.25. The molecule has 1 saturated heterocycles. The lowest BCUT2D eigenvalue weighted by atomic mass is 10.2. The highest BCUT2D eigenvalue weighted by atomic mass is 16.5. The minimum atomic E-state index is -0.217. The summed E-state index contributed by atoms with van der Waals surface area (Å²) in [6, 6.07) is 2.22. The normalized spacial score (nSPS) is 21.8. The molecule has 1 aliphatic carbocycles. The average Bonchev–Trinajstić information content (AvgIpc) is 3.16. The van der Waals surface area contributed by atoms with Gasteiger partial charge in [0.25, 0.3) is 0 Å². The summed E-state index contributed by atoms with van der Waals surface area (Å²) in [7, 11) is 3.90. The smallest absolute Gasteiger partial charge is 0.237 e. The summed E-state index contributed by atoms with van der Waals surface area (Å²) in [5.41, 5.74) is 0.885. The molecule has 1 atom stereocenters. The summed E-state index contributed by atoms with van der Waals surface area (Å²) < 4.78 is 5.63. The van der Waals surface area contributed by atoms with Crippen LogP contribution in [0.4, 0.5) is 5.82 Å². The molecular weight excluding hydrogens is 318 g/mol. The van der Waals surface area contributed by atoms with Crippen LogP contribution in [-0.2, 0) is 9.53 Å². The Labute approximate surface area is 149 Å². The van der Waals surface area contributed by atoms with Crippen LogP contribution in [0.5, 0.6) is 0 Å². The number of aromatic nitrogens is 2. The summed E-state index contributed by atoms with van der Waals surface area (Å²) in [4.78, 5) is 26.2. The van der Waals surface area contributed by atoms with Crippen molar-refractivity contribution in [1.29, 1.82) is 0 Å². The lowest BCUT2D eigenvalue weighted by molar-refractivity contribution is -0.142. The van der Waals surface area contributed by atoms with E-state index in [0.29, 0.717) is 38.2 Å². The molecule has 1 aromatic rings. The standard InChI is InChI=1S/C18H29N5O2/c1-13-10-16(19-2)21-18(20-13)15-12-25-9-8-23(15)17(24)11-22(3)14-6-4-5-7-14/h10,14-15H,4-9,11-12H2,1-3H3,(H,19,20,21)/t15-/m0/s1. The second-order valence-corrected chi connectivity index (χ2v) is 7.03. The van der Waals surface area contributed by atoms with Crippen molar-refractivity contribution in [2.24, 2.45) is 0 Å². The van der Waals surface area contributed by atoms with Crippen LogP contribution < -0.4 is 5.32 Å². The zero-order valence-corrected chi connectivity index (χ0v) is 15.5. The molecule has 1 aromatic heterocycles. The molecule has 2 aliphatic rings. The van der Waals surface area contributed by atoms with E-state index < -0.39 is 0 Å². The van der Waals surface area contributed by atoms with Gasteiger partial charge >= 0.3 is 0 Å². The van der Waals surface area contributed by atoms with E-state index in [-0.39, 0.29) is 11.9 Å². The molecule has 0 radical (unpaired) electrons. The van der Waals surface area contributed by atoms with Gasteiger partial charge < -0.3 is 15.0 Å². The number of amides is 1. The number of hydrogen-bond donors (Lipinski definition) is 1. The SMILES string of the molecule is CNc1cc(C)nc([C@@H]2COCCN2C(=O)CN(C)C2CCCC2)n1. The van der Waals surface area contributed by atoms with Crippen molar-refractivity contribution in [3.8, 4) is 0 Å². The molecule has 2 fully saturated rings. The Morgan fingerprint density at radius 1 is 1.40 bits per heavy atom. The van der Waals surface area contributed by atoms with Crippen molar-refractivity contribution >= 4 is 11.7 Å². The Morgan fingerprint density at radius 3 is 2.88 bits per heavy atom. The summed E-state index contributed by atoms with van der Waals surface area (Å²) in [6.07, 6.45) is 4.94. The van der Waals surface area contributed by atoms with Crippen LogP contribution >= 0.6 is 0 Å². The fourth-order valence-electron chi connectivity index (χ4n) is 3.76. The van der Waals surface area contributed by atoms with Gasteiger partial charge in [-0.3, -0.25) is 9.69 Å². The first-order valence-electron chi connectivity index (χ1n) is 9.19. The van der Waals surface area contributed by atoms with Crippen LogP contribution in [0, 0.1) is 6.92 Å². The van der Waals surface area contributed by atoms with Gasteiger partial charge in [-0.15, -0.1) is 0 Å². The number of carbonyl (C=O) groups excluding carboxylic acids is 1. The number of rotatable bonds is 5. The van der Waals surface area contributed by atoms with E-state index in [2.05, 4.69) is 27.2 Å². The van der Waals surface area contributed by atoms with E-state index in [1.54, 1.807) is 0 Å². The predicted molar refractivity (Wildman–Crippen MR) is 96.5 cm³/mol. The monoisotopic (exact) mass is 347 g/mol. The number of nitrogens with one attached hydrogen (secondary N) is 1. The van der Waals surface area contributed by atoms with E-state index in [9.17, 15) is 4.79 Å². The zero-order chi connectivity index (χ0) is 17.8. The van der Waals surface area contributed by atoms with Gasteiger partial charge in [0.1, 0.15) is 11.9 Å². The molecule has 1 amide bonds. The predicted octanol–water partition coefficient (Wildman–Crippen LogP) is 1.60. The molecule has 0 bridgehead atoms. The third kappa shape index (κ3) is 4.27. The topological polar surface area (TPSA) is 70.6 Å². The first kappa shape index (κ1) is 18.1. The summed E-state index contributed by atoms with van der Waals surface area (Å²) in [6.45, 7) is 4.00. The van der Waals surface area contributed by atoms with Crippen LogP contribution in [0.2, 0.25) is 0 Å². The first-order chi connectivity index (χ1) is 12.1. The fraction of sp³-hybridized carbons (Fsp3) is 0.722. The number of ether oxygens (including phenoxy) is 1. The van der Waals surface area contributed by atoms with E-state index in [1.807, 2.05) is 24.9 Å². The van der Waals surface area contributed by atoms with Crippen molar-refractivity contribution in [2.75, 3.05) is 45.7 Å². The third-order valence-electron chi connectivity index (χ3n) is 5.21. The van der Waals surface area contributed by atoms with Crippen LogP contribution in [0.15, 0.2) is 6.07 Å². The van der Waals surface area contributed by atoms with Gasteiger partial charge in [-0.05, 0) is 26.8 Å². The molecule has 1 N–H and O–H groups in total. The Bertz CT molecular complexity index is 603. The molecule has 7 nitrogen and oxygen atoms in total. The maximum absolute atomic E-state index is 12.9. The molecule has 0 aromatic carbocycles. The molecule has 2 heterocycles. The number of morpholine rings is 1. The average molecular weight is 347 g/mol. The van der Waals surface area contributed by atoms with Crippen LogP contribution in [0.3, 0.4) is 0 Å². The van der Waals surface area contributed by atoms with Crippen molar-refractivity contribution in [2.45, 2.75) is 44.7 Å². The van der Waals surface area contributed by atoms with Crippen LogP contribution in [0.25, 0.3) is 0 Å². The Balaban J connectivity index is 1.74. The fourth-order valence-corrected chi connectivity index (χ4v) is 3.76. The van der Waals surface area contributed by atoms with Gasteiger partial charge in [-0.2, -0.15) is 0 Å². The molecule has 25 heavy (non-hydrogen) atoms. The molecule has 3 rings (SSSR count). The molecule has 7 heteroatoms. The number of carbonyl (C=O) groups is 1. The molecule has 1 aliphatic heterocycles. The Morgan fingerprint density at radius 2 is 2.16 bits per heavy atom. The second kappa shape index (κ2) is 8.10. The number of likely N-dealkylation sites (N-methyl/N-ethyl adjacent to an activating group) is 1. The highest BCUT2D eigenvalue weighted by molar-refractivity contribution is 5.78. The Kier molecular flexibility index (Phi) is 5.86. The first-order valence-corrected chi connectivity index (χ1v) is 9.19. The van der Waals surface area contributed by atoms with E-state index >= 15 is 0 Å². The van der Waals surface area contributed by atoms with Crippen molar-refractivity contribution < 1.29 is 9.53 Å². The van der Waals surface area contributed by atoms with Gasteiger partial charge in [-0.25, -0.2) is 9.97 Å². The molecule has 1 saturated carbocycles. The maximum Gasteiger partial charge on any atom is 0.237 e.